The van der Waals surface area contributed by atoms with Gasteiger partial charge in [0.2, 0.25) is 0 Å². The van der Waals surface area contributed by atoms with Gasteiger partial charge in [-0.3, -0.25) is 0 Å². The second-order valence-electron chi connectivity index (χ2n) is 5.12. The van der Waals surface area contributed by atoms with E-state index in [1.165, 1.54) is 7.11 Å². The number of aromatic nitrogens is 1. The molecule has 0 aliphatic carbocycles. The SMILES string of the molecule is COC(=O)COc1cc(N2CCNCC2)ccc1-c1nccs1. The van der Waals surface area contributed by atoms with Gasteiger partial charge in [0.1, 0.15) is 10.8 Å². The summed E-state index contributed by atoms with van der Waals surface area (Å²) >= 11 is 1.54. The van der Waals surface area contributed by atoms with Crippen molar-refractivity contribution in [3.05, 3.63) is 29.8 Å². The predicted molar refractivity (Wildman–Crippen MR) is 90.1 cm³/mol. The Morgan fingerprint density at radius 2 is 2.22 bits per heavy atom. The van der Waals surface area contributed by atoms with Gasteiger partial charge in [0.05, 0.1) is 12.7 Å². The molecule has 1 N–H and O–H groups in total. The third-order valence-electron chi connectivity index (χ3n) is 3.68. The van der Waals surface area contributed by atoms with Gasteiger partial charge >= 0.3 is 5.97 Å². The van der Waals surface area contributed by atoms with Gasteiger partial charge in [0, 0.05) is 49.5 Å². The molecular formula is C16H19N3O3S. The Balaban J connectivity index is 1.88. The molecule has 3 rings (SSSR count). The molecule has 6 nitrogen and oxygen atoms in total. The maximum absolute atomic E-state index is 11.4. The first kappa shape index (κ1) is 15.8. The largest absolute Gasteiger partial charge is 0.481 e. The van der Waals surface area contributed by atoms with E-state index in [0.29, 0.717) is 5.75 Å². The van der Waals surface area contributed by atoms with Crippen LogP contribution in [0.3, 0.4) is 0 Å². The van der Waals surface area contributed by atoms with Crippen LogP contribution in [-0.4, -0.2) is 50.8 Å². The number of esters is 1. The first-order valence-corrected chi connectivity index (χ1v) is 8.35. The van der Waals surface area contributed by atoms with E-state index < -0.39 is 5.97 Å². The lowest BCUT2D eigenvalue weighted by atomic mass is 10.1. The van der Waals surface area contributed by atoms with Gasteiger partial charge < -0.3 is 19.7 Å². The zero-order valence-corrected chi connectivity index (χ0v) is 13.8. The summed E-state index contributed by atoms with van der Waals surface area (Å²) in [5, 5.41) is 6.13. The second kappa shape index (κ2) is 7.43. The van der Waals surface area contributed by atoms with E-state index in [2.05, 4.69) is 26.0 Å². The van der Waals surface area contributed by atoms with Crippen LogP contribution < -0.4 is 15.0 Å². The highest BCUT2D eigenvalue weighted by Crippen LogP contribution is 2.35. The monoisotopic (exact) mass is 333 g/mol. The van der Waals surface area contributed by atoms with Gasteiger partial charge in [-0.2, -0.15) is 0 Å². The van der Waals surface area contributed by atoms with E-state index in [1.807, 2.05) is 17.5 Å². The van der Waals surface area contributed by atoms with Crippen LogP contribution >= 0.6 is 11.3 Å². The fourth-order valence-corrected chi connectivity index (χ4v) is 3.15. The Kier molecular flexibility index (Phi) is 5.09. The first-order valence-electron chi connectivity index (χ1n) is 7.47. The topological polar surface area (TPSA) is 63.7 Å². The third kappa shape index (κ3) is 3.80. The van der Waals surface area contributed by atoms with Crippen molar-refractivity contribution in [1.29, 1.82) is 0 Å². The Labute approximate surface area is 139 Å². The van der Waals surface area contributed by atoms with Crippen LogP contribution in [0.4, 0.5) is 5.69 Å². The maximum atomic E-state index is 11.4. The molecule has 1 aliphatic heterocycles. The second-order valence-corrected chi connectivity index (χ2v) is 6.01. The highest BCUT2D eigenvalue weighted by molar-refractivity contribution is 7.13. The van der Waals surface area contributed by atoms with Gasteiger partial charge in [-0.1, -0.05) is 0 Å². The molecule has 1 aromatic carbocycles. The summed E-state index contributed by atoms with van der Waals surface area (Å²) in [6.07, 6.45) is 1.76. The summed E-state index contributed by atoms with van der Waals surface area (Å²) in [5.74, 6) is 0.254. The summed E-state index contributed by atoms with van der Waals surface area (Å²) in [6.45, 7) is 3.72. The van der Waals surface area contributed by atoms with Gasteiger partial charge in [-0.05, 0) is 12.1 Å². The number of thiazole rings is 1. The van der Waals surface area contributed by atoms with E-state index in [4.69, 9.17) is 4.74 Å². The fraction of sp³-hybridized carbons (Fsp3) is 0.375. The van der Waals surface area contributed by atoms with Crippen molar-refractivity contribution in [3.63, 3.8) is 0 Å². The first-order chi connectivity index (χ1) is 11.3. The van der Waals surface area contributed by atoms with Crippen molar-refractivity contribution in [1.82, 2.24) is 10.3 Å². The molecule has 1 aromatic heterocycles. The summed E-state index contributed by atoms with van der Waals surface area (Å²) in [5.41, 5.74) is 1.98. The molecule has 0 spiro atoms. The van der Waals surface area contributed by atoms with Crippen molar-refractivity contribution in [2.75, 3.05) is 44.8 Å². The molecular weight excluding hydrogens is 314 g/mol. The predicted octanol–water partition coefficient (Wildman–Crippen LogP) is 1.77. The van der Waals surface area contributed by atoms with E-state index in [9.17, 15) is 4.79 Å². The summed E-state index contributed by atoms with van der Waals surface area (Å²) in [7, 11) is 1.35. The van der Waals surface area contributed by atoms with Crippen LogP contribution in [0.5, 0.6) is 5.75 Å². The smallest absolute Gasteiger partial charge is 0.343 e. The molecule has 1 saturated heterocycles. The minimum absolute atomic E-state index is 0.111. The lowest BCUT2D eigenvalue weighted by Crippen LogP contribution is -2.43. The average molecular weight is 333 g/mol. The van der Waals surface area contributed by atoms with Crippen molar-refractivity contribution >= 4 is 23.0 Å². The normalized spacial score (nSPS) is 14.6. The van der Waals surface area contributed by atoms with Gasteiger partial charge in [-0.15, -0.1) is 11.3 Å². The number of carbonyl (C=O) groups excluding carboxylic acids is 1. The highest BCUT2D eigenvalue weighted by Gasteiger charge is 2.16. The van der Waals surface area contributed by atoms with E-state index in [1.54, 1.807) is 17.5 Å². The molecule has 122 valence electrons. The number of methoxy groups -OCH3 is 1. The van der Waals surface area contributed by atoms with Crippen molar-refractivity contribution in [2.45, 2.75) is 0 Å². The van der Waals surface area contributed by atoms with E-state index >= 15 is 0 Å². The van der Waals surface area contributed by atoms with Crippen molar-refractivity contribution in [2.24, 2.45) is 0 Å². The fourth-order valence-electron chi connectivity index (χ4n) is 2.48. The molecule has 7 heteroatoms. The molecule has 0 amide bonds. The number of piperazine rings is 1. The zero-order chi connectivity index (χ0) is 16.1. The van der Waals surface area contributed by atoms with E-state index in [-0.39, 0.29) is 6.61 Å². The van der Waals surface area contributed by atoms with E-state index in [0.717, 1.165) is 42.4 Å². The van der Waals surface area contributed by atoms with Crippen LogP contribution in [0.15, 0.2) is 29.8 Å². The Morgan fingerprint density at radius 1 is 1.39 bits per heavy atom. The average Bonchev–Trinajstić information content (AvgIpc) is 3.14. The lowest BCUT2D eigenvalue weighted by Gasteiger charge is -2.30. The number of nitrogens with zero attached hydrogens (tertiary/aromatic N) is 2. The summed E-state index contributed by atoms with van der Waals surface area (Å²) in [4.78, 5) is 18.0. The zero-order valence-electron chi connectivity index (χ0n) is 12.9. The van der Waals surface area contributed by atoms with Crippen molar-refractivity contribution in [3.8, 4) is 16.3 Å². The third-order valence-corrected chi connectivity index (χ3v) is 4.49. The van der Waals surface area contributed by atoms with Crippen molar-refractivity contribution < 1.29 is 14.3 Å². The Morgan fingerprint density at radius 3 is 2.91 bits per heavy atom. The van der Waals surface area contributed by atoms with Crippen LogP contribution in [0.25, 0.3) is 10.6 Å². The molecule has 2 aromatic rings. The molecule has 0 radical (unpaired) electrons. The van der Waals surface area contributed by atoms with Crippen LogP contribution in [0, 0.1) is 0 Å². The molecule has 0 saturated carbocycles. The number of hydrogen-bond donors (Lipinski definition) is 1. The molecule has 0 atom stereocenters. The Bertz CT molecular complexity index is 655. The number of anilines is 1. The van der Waals surface area contributed by atoms with Crippen LogP contribution in [0.1, 0.15) is 0 Å². The minimum Gasteiger partial charge on any atom is -0.481 e. The van der Waals surface area contributed by atoms with Crippen LogP contribution in [0.2, 0.25) is 0 Å². The molecule has 1 fully saturated rings. The highest BCUT2D eigenvalue weighted by atomic mass is 32.1. The molecule has 23 heavy (non-hydrogen) atoms. The summed E-state index contributed by atoms with van der Waals surface area (Å²) < 4.78 is 10.3. The van der Waals surface area contributed by atoms with Gasteiger partial charge in [0.15, 0.2) is 6.61 Å². The standard InChI is InChI=1S/C16H19N3O3S/c1-21-15(20)11-22-14-10-12(19-7-4-17-5-8-19)2-3-13(14)16-18-6-9-23-16/h2-3,6,9-10,17H,4-5,7-8,11H2,1H3. The minimum atomic E-state index is -0.400. The summed E-state index contributed by atoms with van der Waals surface area (Å²) in [6, 6.07) is 6.06. The maximum Gasteiger partial charge on any atom is 0.343 e. The van der Waals surface area contributed by atoms with Gasteiger partial charge in [-0.25, -0.2) is 9.78 Å². The number of nitrogens with one attached hydrogen (secondary N) is 1. The van der Waals surface area contributed by atoms with Crippen LogP contribution in [-0.2, 0) is 9.53 Å². The molecule has 1 aliphatic rings. The number of hydrogen-bond acceptors (Lipinski definition) is 7. The molecule has 0 unspecified atom stereocenters. The number of benzene rings is 1. The lowest BCUT2D eigenvalue weighted by molar-refractivity contribution is -0.142. The Hall–Kier alpha value is -2.12. The molecule has 0 bridgehead atoms. The molecule has 2 heterocycles. The quantitative estimate of drug-likeness (QED) is 0.842. The number of ether oxygens (including phenoxy) is 2. The number of carbonyl (C=O) groups is 1. The number of rotatable bonds is 5. The van der Waals surface area contributed by atoms with Gasteiger partial charge in [0.25, 0.3) is 0 Å².